The Bertz CT molecular complexity index is 299. The maximum atomic E-state index is 11.8. The molecule has 1 atom stereocenters. The van der Waals surface area contributed by atoms with Crippen LogP contribution in [-0.4, -0.2) is 12.1 Å². The van der Waals surface area contributed by atoms with Crippen LogP contribution < -0.4 is 0 Å². The highest BCUT2D eigenvalue weighted by Gasteiger charge is 2.09. The predicted molar refractivity (Wildman–Crippen MR) is 115 cm³/mol. The van der Waals surface area contributed by atoms with E-state index in [2.05, 4.69) is 20.8 Å². The lowest BCUT2D eigenvalue weighted by Crippen LogP contribution is -2.14. The van der Waals surface area contributed by atoms with Crippen LogP contribution in [0.4, 0.5) is 0 Å². The van der Waals surface area contributed by atoms with Crippen molar-refractivity contribution >= 4 is 5.97 Å². The molecule has 156 valence electrons. The smallest absolute Gasteiger partial charge is 0.306 e. The zero-order valence-electron chi connectivity index (χ0n) is 18.5. The molecule has 0 bridgehead atoms. The van der Waals surface area contributed by atoms with Crippen molar-refractivity contribution in [3.63, 3.8) is 0 Å². The van der Waals surface area contributed by atoms with Crippen LogP contribution in [0.25, 0.3) is 0 Å². The summed E-state index contributed by atoms with van der Waals surface area (Å²) in [5.41, 5.74) is 0. The van der Waals surface area contributed by atoms with E-state index in [1.54, 1.807) is 0 Å². The predicted octanol–water partition coefficient (Wildman–Crippen LogP) is 8.23. The first kappa shape index (κ1) is 25.5. The molecule has 0 aliphatic heterocycles. The van der Waals surface area contributed by atoms with Crippen molar-refractivity contribution in [2.24, 2.45) is 5.92 Å². The number of hydrogen-bond donors (Lipinski definition) is 0. The first-order chi connectivity index (χ1) is 12.6. The SMILES string of the molecule is CCCCCCCCCCCCCCCC(=O)OC(C)CCCC(C)C. The fourth-order valence-electron chi connectivity index (χ4n) is 3.44. The third-order valence-corrected chi connectivity index (χ3v) is 5.21. The average molecular weight is 369 g/mol. The van der Waals surface area contributed by atoms with Gasteiger partial charge in [0.15, 0.2) is 0 Å². The molecule has 0 saturated carbocycles. The minimum atomic E-state index is 0.00474. The second kappa shape index (κ2) is 19.2. The second-order valence-electron chi connectivity index (χ2n) is 8.62. The van der Waals surface area contributed by atoms with Gasteiger partial charge in [-0.05, 0) is 32.1 Å². The fourth-order valence-corrected chi connectivity index (χ4v) is 3.44. The largest absolute Gasteiger partial charge is 0.463 e. The highest BCUT2D eigenvalue weighted by molar-refractivity contribution is 5.69. The van der Waals surface area contributed by atoms with Gasteiger partial charge in [-0.1, -0.05) is 104 Å². The first-order valence-electron chi connectivity index (χ1n) is 11.8. The average Bonchev–Trinajstić information content (AvgIpc) is 2.58. The van der Waals surface area contributed by atoms with E-state index in [1.807, 2.05) is 6.92 Å². The van der Waals surface area contributed by atoms with Gasteiger partial charge in [0.1, 0.15) is 0 Å². The lowest BCUT2D eigenvalue weighted by Gasteiger charge is -2.13. The van der Waals surface area contributed by atoms with Crippen LogP contribution in [0.2, 0.25) is 0 Å². The van der Waals surface area contributed by atoms with Gasteiger partial charge in [0.2, 0.25) is 0 Å². The number of esters is 1. The highest BCUT2D eigenvalue weighted by atomic mass is 16.5. The van der Waals surface area contributed by atoms with E-state index in [0.717, 1.165) is 25.2 Å². The maximum Gasteiger partial charge on any atom is 0.306 e. The lowest BCUT2D eigenvalue weighted by molar-refractivity contribution is -0.148. The van der Waals surface area contributed by atoms with Crippen LogP contribution in [0.1, 0.15) is 137 Å². The fraction of sp³-hybridized carbons (Fsp3) is 0.958. The number of rotatable bonds is 19. The molecule has 1 unspecified atom stereocenters. The molecule has 26 heavy (non-hydrogen) atoms. The van der Waals surface area contributed by atoms with Crippen LogP contribution in [0, 0.1) is 5.92 Å². The Morgan fingerprint density at radius 2 is 1.12 bits per heavy atom. The molecule has 0 radical (unpaired) electrons. The van der Waals surface area contributed by atoms with E-state index in [9.17, 15) is 4.79 Å². The van der Waals surface area contributed by atoms with Crippen LogP contribution in [0.15, 0.2) is 0 Å². The summed E-state index contributed by atoms with van der Waals surface area (Å²) in [5, 5.41) is 0. The van der Waals surface area contributed by atoms with E-state index in [1.165, 1.54) is 83.5 Å². The summed E-state index contributed by atoms with van der Waals surface area (Å²) in [6.45, 7) is 8.79. The molecule has 0 heterocycles. The number of hydrogen-bond acceptors (Lipinski definition) is 2. The summed E-state index contributed by atoms with van der Waals surface area (Å²) in [4.78, 5) is 11.8. The zero-order valence-corrected chi connectivity index (χ0v) is 18.5. The standard InChI is InChI=1S/C24H48O2/c1-5-6-7-8-9-10-11-12-13-14-15-16-17-21-24(25)26-23(4)20-18-19-22(2)3/h22-23H,5-21H2,1-4H3. The van der Waals surface area contributed by atoms with Gasteiger partial charge >= 0.3 is 5.97 Å². The van der Waals surface area contributed by atoms with E-state index >= 15 is 0 Å². The zero-order chi connectivity index (χ0) is 19.5. The molecule has 0 N–H and O–H groups in total. The molecule has 0 aromatic rings. The molecule has 2 heteroatoms. The maximum absolute atomic E-state index is 11.8. The quantitative estimate of drug-likeness (QED) is 0.169. The van der Waals surface area contributed by atoms with E-state index in [0.29, 0.717) is 6.42 Å². The molecule has 2 nitrogen and oxygen atoms in total. The monoisotopic (exact) mass is 368 g/mol. The summed E-state index contributed by atoms with van der Waals surface area (Å²) >= 11 is 0. The Kier molecular flexibility index (Phi) is 18.8. The summed E-state index contributed by atoms with van der Waals surface area (Å²) in [5.74, 6) is 0.744. The Morgan fingerprint density at radius 1 is 0.654 bits per heavy atom. The second-order valence-corrected chi connectivity index (χ2v) is 8.62. The topological polar surface area (TPSA) is 26.3 Å². The van der Waals surface area contributed by atoms with Gasteiger partial charge in [0.05, 0.1) is 6.10 Å². The molecule has 0 amide bonds. The van der Waals surface area contributed by atoms with Gasteiger partial charge in [0.25, 0.3) is 0 Å². The van der Waals surface area contributed by atoms with E-state index in [4.69, 9.17) is 4.74 Å². The summed E-state index contributed by atoms with van der Waals surface area (Å²) in [6.07, 6.45) is 21.5. The molecular weight excluding hydrogens is 320 g/mol. The number of carbonyl (C=O) groups is 1. The van der Waals surface area contributed by atoms with Crippen LogP contribution in [0.5, 0.6) is 0 Å². The Hall–Kier alpha value is -0.530. The Labute approximate surface area is 164 Å². The van der Waals surface area contributed by atoms with Crippen molar-refractivity contribution in [3.8, 4) is 0 Å². The number of ether oxygens (including phenoxy) is 1. The van der Waals surface area contributed by atoms with E-state index in [-0.39, 0.29) is 12.1 Å². The summed E-state index contributed by atoms with van der Waals surface area (Å²) in [7, 11) is 0. The Balaban J connectivity index is 3.27. The summed E-state index contributed by atoms with van der Waals surface area (Å²) < 4.78 is 5.50. The van der Waals surface area contributed by atoms with Gasteiger partial charge in [-0.2, -0.15) is 0 Å². The van der Waals surface area contributed by atoms with Crippen LogP contribution >= 0.6 is 0 Å². The molecule has 0 rings (SSSR count). The van der Waals surface area contributed by atoms with Crippen molar-refractivity contribution in [1.82, 2.24) is 0 Å². The van der Waals surface area contributed by atoms with Crippen molar-refractivity contribution in [2.45, 2.75) is 143 Å². The minimum Gasteiger partial charge on any atom is -0.463 e. The van der Waals surface area contributed by atoms with Crippen LogP contribution in [-0.2, 0) is 9.53 Å². The van der Waals surface area contributed by atoms with Gasteiger partial charge in [0, 0.05) is 6.42 Å². The van der Waals surface area contributed by atoms with Crippen molar-refractivity contribution in [2.75, 3.05) is 0 Å². The minimum absolute atomic E-state index is 0.00474. The van der Waals surface area contributed by atoms with Gasteiger partial charge in [-0.15, -0.1) is 0 Å². The van der Waals surface area contributed by atoms with Gasteiger partial charge in [-0.25, -0.2) is 0 Å². The first-order valence-corrected chi connectivity index (χ1v) is 11.8. The third-order valence-electron chi connectivity index (χ3n) is 5.21. The third kappa shape index (κ3) is 19.8. The molecular formula is C24H48O2. The van der Waals surface area contributed by atoms with Crippen molar-refractivity contribution in [1.29, 1.82) is 0 Å². The Morgan fingerprint density at radius 3 is 1.58 bits per heavy atom. The lowest BCUT2D eigenvalue weighted by atomic mass is 10.0. The summed E-state index contributed by atoms with van der Waals surface area (Å²) in [6, 6.07) is 0. The van der Waals surface area contributed by atoms with E-state index < -0.39 is 0 Å². The van der Waals surface area contributed by atoms with Gasteiger partial charge < -0.3 is 4.74 Å². The van der Waals surface area contributed by atoms with Crippen LogP contribution in [0.3, 0.4) is 0 Å². The molecule has 0 aromatic carbocycles. The number of unbranched alkanes of at least 4 members (excludes halogenated alkanes) is 12. The van der Waals surface area contributed by atoms with Gasteiger partial charge in [-0.3, -0.25) is 4.79 Å². The molecule has 0 aliphatic rings. The molecule has 0 fully saturated rings. The molecule has 0 spiro atoms. The molecule has 0 saturated heterocycles. The highest BCUT2D eigenvalue weighted by Crippen LogP contribution is 2.14. The van der Waals surface area contributed by atoms with Crippen molar-refractivity contribution < 1.29 is 9.53 Å². The molecule has 0 aliphatic carbocycles. The number of carbonyl (C=O) groups excluding carboxylic acids is 1. The normalized spacial score (nSPS) is 12.5. The molecule has 0 aromatic heterocycles. The van der Waals surface area contributed by atoms with Crippen molar-refractivity contribution in [3.05, 3.63) is 0 Å².